The number of ketones is 1. The van der Waals surface area contributed by atoms with Gasteiger partial charge in [0.1, 0.15) is 0 Å². The Balaban J connectivity index is 1.57. The molecule has 1 aliphatic rings. The maximum absolute atomic E-state index is 11.5. The number of nitrogens with zero attached hydrogens (tertiary/aromatic N) is 3. The van der Waals surface area contributed by atoms with Crippen LogP contribution in [0.1, 0.15) is 35.8 Å². The molecule has 2 aromatic heterocycles. The summed E-state index contributed by atoms with van der Waals surface area (Å²) < 4.78 is 0. The van der Waals surface area contributed by atoms with Crippen LogP contribution in [0.4, 0.5) is 16.8 Å². The summed E-state index contributed by atoms with van der Waals surface area (Å²) >= 11 is 1.62. The third-order valence-electron chi connectivity index (χ3n) is 4.11. The number of hydrogen-bond donors (Lipinski definition) is 2. The van der Waals surface area contributed by atoms with Crippen molar-refractivity contribution in [1.29, 1.82) is 0 Å². The molecule has 0 saturated heterocycles. The van der Waals surface area contributed by atoms with Gasteiger partial charge in [-0.05, 0) is 44.9 Å². The third kappa shape index (κ3) is 3.72. The number of carbonyl (C=O) groups is 1. The van der Waals surface area contributed by atoms with Crippen LogP contribution in [-0.4, -0.2) is 26.8 Å². The molecule has 4 rings (SSSR count). The van der Waals surface area contributed by atoms with Gasteiger partial charge in [-0.3, -0.25) is 4.79 Å². The number of nitrogens with one attached hydrogen (secondary N) is 2. The van der Waals surface area contributed by atoms with E-state index in [-0.39, 0.29) is 5.78 Å². The molecule has 0 unspecified atom stereocenters. The van der Waals surface area contributed by atoms with E-state index in [0.717, 1.165) is 27.1 Å². The Morgan fingerprint density at radius 1 is 1.23 bits per heavy atom. The first kappa shape index (κ1) is 16.7. The standard InChI is InChI=1S/C19H19N5OS/c1-11-17(26-19(21-11)23-14-6-7-14)16-8-9-20-18(24-16)22-15-5-3-4-13(10-15)12(2)25/h3-5,8-10,14H,6-7H2,1-2H3,(H,21,23)(H,20,22,24). The number of anilines is 3. The van der Waals surface area contributed by atoms with Crippen molar-refractivity contribution in [2.45, 2.75) is 32.7 Å². The van der Waals surface area contributed by atoms with Crippen molar-refractivity contribution < 1.29 is 4.79 Å². The maximum atomic E-state index is 11.5. The largest absolute Gasteiger partial charge is 0.359 e. The molecule has 26 heavy (non-hydrogen) atoms. The normalized spacial score (nSPS) is 13.5. The second-order valence-electron chi connectivity index (χ2n) is 6.38. The fourth-order valence-corrected chi connectivity index (χ4v) is 3.60. The average Bonchev–Trinajstić information content (AvgIpc) is 3.36. The van der Waals surface area contributed by atoms with Crippen LogP contribution >= 0.6 is 11.3 Å². The smallest absolute Gasteiger partial charge is 0.227 e. The quantitative estimate of drug-likeness (QED) is 0.629. The van der Waals surface area contributed by atoms with Gasteiger partial charge in [0.25, 0.3) is 0 Å². The first-order valence-corrected chi connectivity index (χ1v) is 9.35. The predicted octanol–water partition coefficient (Wildman–Crippen LogP) is 4.43. The highest BCUT2D eigenvalue weighted by molar-refractivity contribution is 7.19. The van der Waals surface area contributed by atoms with E-state index in [9.17, 15) is 4.79 Å². The topological polar surface area (TPSA) is 79.8 Å². The summed E-state index contributed by atoms with van der Waals surface area (Å²) in [6, 6.07) is 9.78. The van der Waals surface area contributed by atoms with Crippen LogP contribution in [-0.2, 0) is 0 Å². The molecule has 0 spiro atoms. The number of carbonyl (C=O) groups excluding carboxylic acids is 1. The van der Waals surface area contributed by atoms with Crippen molar-refractivity contribution in [2.75, 3.05) is 10.6 Å². The van der Waals surface area contributed by atoms with E-state index < -0.39 is 0 Å². The fourth-order valence-electron chi connectivity index (χ4n) is 2.59. The summed E-state index contributed by atoms with van der Waals surface area (Å²) in [5, 5.41) is 7.55. The molecule has 2 heterocycles. The van der Waals surface area contributed by atoms with Crippen molar-refractivity contribution in [2.24, 2.45) is 0 Å². The number of Topliss-reactive ketones (excluding diaryl/α,β-unsaturated/α-hetero) is 1. The monoisotopic (exact) mass is 365 g/mol. The number of benzene rings is 1. The van der Waals surface area contributed by atoms with Crippen molar-refractivity contribution in [3.8, 4) is 10.6 Å². The van der Waals surface area contributed by atoms with Crippen molar-refractivity contribution in [3.05, 3.63) is 47.8 Å². The van der Waals surface area contributed by atoms with Gasteiger partial charge in [0.2, 0.25) is 5.95 Å². The average molecular weight is 365 g/mol. The Bertz CT molecular complexity index is 964. The Hall–Kier alpha value is -2.80. The fraction of sp³-hybridized carbons (Fsp3) is 0.263. The van der Waals surface area contributed by atoms with Crippen LogP contribution in [0.5, 0.6) is 0 Å². The number of thiazole rings is 1. The SMILES string of the molecule is CC(=O)c1cccc(Nc2nccc(-c3sc(NC4CC4)nc3C)n2)c1. The third-order valence-corrected chi connectivity index (χ3v) is 5.23. The summed E-state index contributed by atoms with van der Waals surface area (Å²) in [6.45, 7) is 3.55. The van der Waals surface area contributed by atoms with Crippen LogP contribution in [0.25, 0.3) is 10.6 Å². The zero-order chi connectivity index (χ0) is 18.1. The Morgan fingerprint density at radius 2 is 2.08 bits per heavy atom. The van der Waals surface area contributed by atoms with Crippen LogP contribution in [0.3, 0.4) is 0 Å². The van der Waals surface area contributed by atoms with Gasteiger partial charge in [-0.1, -0.05) is 23.5 Å². The molecule has 0 atom stereocenters. The highest BCUT2D eigenvalue weighted by atomic mass is 32.1. The van der Waals surface area contributed by atoms with Gasteiger partial charge >= 0.3 is 0 Å². The molecule has 0 bridgehead atoms. The van der Waals surface area contributed by atoms with E-state index in [0.29, 0.717) is 17.6 Å². The van der Waals surface area contributed by atoms with E-state index in [2.05, 4.69) is 25.6 Å². The number of aryl methyl sites for hydroxylation is 1. The Morgan fingerprint density at radius 3 is 2.85 bits per heavy atom. The zero-order valence-electron chi connectivity index (χ0n) is 14.6. The van der Waals surface area contributed by atoms with E-state index in [1.807, 2.05) is 25.1 Å². The number of hydrogen-bond acceptors (Lipinski definition) is 7. The number of rotatable bonds is 6. The van der Waals surface area contributed by atoms with Crippen LogP contribution < -0.4 is 10.6 Å². The molecule has 2 N–H and O–H groups in total. The van der Waals surface area contributed by atoms with Gasteiger partial charge in [-0.25, -0.2) is 15.0 Å². The highest BCUT2D eigenvalue weighted by Gasteiger charge is 2.23. The number of aromatic nitrogens is 3. The summed E-state index contributed by atoms with van der Waals surface area (Å²) in [5.41, 5.74) is 3.23. The lowest BCUT2D eigenvalue weighted by Gasteiger charge is -2.07. The van der Waals surface area contributed by atoms with E-state index in [1.54, 1.807) is 36.6 Å². The van der Waals surface area contributed by atoms with Gasteiger partial charge < -0.3 is 10.6 Å². The molecule has 0 amide bonds. The molecule has 132 valence electrons. The van der Waals surface area contributed by atoms with E-state index >= 15 is 0 Å². The predicted molar refractivity (Wildman–Crippen MR) is 104 cm³/mol. The van der Waals surface area contributed by atoms with E-state index in [4.69, 9.17) is 0 Å². The summed E-state index contributed by atoms with van der Waals surface area (Å²) in [4.78, 5) is 26.1. The zero-order valence-corrected chi connectivity index (χ0v) is 15.4. The lowest BCUT2D eigenvalue weighted by molar-refractivity contribution is 0.101. The Kier molecular flexibility index (Phi) is 4.38. The molecule has 1 saturated carbocycles. The highest BCUT2D eigenvalue weighted by Crippen LogP contribution is 2.34. The first-order chi connectivity index (χ1) is 12.6. The minimum Gasteiger partial charge on any atom is -0.359 e. The maximum Gasteiger partial charge on any atom is 0.227 e. The van der Waals surface area contributed by atoms with Crippen LogP contribution in [0, 0.1) is 6.92 Å². The second kappa shape index (κ2) is 6.84. The molecule has 0 radical (unpaired) electrons. The molecule has 1 aliphatic carbocycles. The van der Waals surface area contributed by atoms with Gasteiger partial charge in [-0.15, -0.1) is 0 Å². The molecule has 6 nitrogen and oxygen atoms in total. The van der Waals surface area contributed by atoms with Crippen molar-refractivity contribution >= 4 is 33.9 Å². The summed E-state index contributed by atoms with van der Waals surface area (Å²) in [6.07, 6.45) is 4.16. The molecular formula is C19H19N5OS. The molecule has 7 heteroatoms. The first-order valence-electron chi connectivity index (χ1n) is 8.54. The van der Waals surface area contributed by atoms with Crippen molar-refractivity contribution in [1.82, 2.24) is 15.0 Å². The molecule has 0 aliphatic heterocycles. The lowest BCUT2D eigenvalue weighted by atomic mass is 10.1. The second-order valence-corrected chi connectivity index (χ2v) is 7.38. The molecule has 3 aromatic rings. The minimum absolute atomic E-state index is 0.0271. The lowest BCUT2D eigenvalue weighted by Crippen LogP contribution is -1.99. The van der Waals surface area contributed by atoms with Crippen LogP contribution in [0.15, 0.2) is 36.5 Å². The van der Waals surface area contributed by atoms with Gasteiger partial charge in [0, 0.05) is 23.5 Å². The van der Waals surface area contributed by atoms with E-state index in [1.165, 1.54) is 12.8 Å². The molecule has 1 fully saturated rings. The van der Waals surface area contributed by atoms with Crippen molar-refractivity contribution in [3.63, 3.8) is 0 Å². The minimum atomic E-state index is 0.0271. The molecule has 1 aromatic carbocycles. The van der Waals surface area contributed by atoms with Gasteiger partial charge in [0.05, 0.1) is 16.3 Å². The Labute approximate surface area is 155 Å². The van der Waals surface area contributed by atoms with Crippen LogP contribution in [0.2, 0.25) is 0 Å². The van der Waals surface area contributed by atoms with Gasteiger partial charge in [-0.2, -0.15) is 0 Å². The summed E-state index contributed by atoms with van der Waals surface area (Å²) in [5.74, 6) is 0.520. The summed E-state index contributed by atoms with van der Waals surface area (Å²) in [7, 11) is 0. The van der Waals surface area contributed by atoms with Gasteiger partial charge in [0.15, 0.2) is 10.9 Å². The molecular weight excluding hydrogens is 346 g/mol.